The van der Waals surface area contributed by atoms with E-state index in [1.165, 1.54) is 25.3 Å². The van der Waals surface area contributed by atoms with Gasteiger partial charge in [-0.25, -0.2) is 9.13 Å². The van der Waals surface area contributed by atoms with Crippen LogP contribution in [0.2, 0.25) is 0 Å². The molecule has 0 amide bonds. The predicted octanol–water partition coefficient (Wildman–Crippen LogP) is 6.05. The summed E-state index contributed by atoms with van der Waals surface area (Å²) in [5, 5.41) is 40.1. The van der Waals surface area contributed by atoms with E-state index in [1.807, 2.05) is 19.1 Å². The third-order valence-electron chi connectivity index (χ3n) is 8.29. The Hall–Kier alpha value is -2.30. The summed E-state index contributed by atoms with van der Waals surface area (Å²) in [5.74, 6) is -0.654. The summed E-state index contributed by atoms with van der Waals surface area (Å²) in [6.07, 6.45) is 20.6. The van der Waals surface area contributed by atoms with Gasteiger partial charge in [0.15, 0.2) is 6.10 Å². The number of allylic oxidation sites excluding steroid dienone is 7. The van der Waals surface area contributed by atoms with Crippen LogP contribution in [0.15, 0.2) is 60.8 Å². The Morgan fingerprint density at radius 3 is 1.88 bits per heavy atom. The number of aliphatic hydroxyl groups excluding tert-OH is 4. The molecule has 330 valence electrons. The Labute approximate surface area is 338 Å². The molecule has 7 atom stereocenters. The summed E-state index contributed by atoms with van der Waals surface area (Å²) >= 11 is 0. The van der Waals surface area contributed by atoms with Gasteiger partial charge in [0.05, 0.1) is 38.1 Å². The highest BCUT2D eigenvalue weighted by atomic mass is 31.2. The van der Waals surface area contributed by atoms with Gasteiger partial charge in [-0.3, -0.25) is 23.2 Å². The van der Waals surface area contributed by atoms with Crippen LogP contribution in [-0.2, 0) is 41.8 Å². The molecule has 0 heterocycles. The molecule has 0 aromatic rings. The van der Waals surface area contributed by atoms with Crippen molar-refractivity contribution in [2.45, 2.75) is 141 Å². The van der Waals surface area contributed by atoms with Crippen LogP contribution in [0, 0.1) is 5.92 Å². The topological polar surface area (TPSA) is 256 Å². The molecule has 0 saturated heterocycles. The fourth-order valence-electron chi connectivity index (χ4n) is 4.78. The molecule has 0 radical (unpaired) electrons. The van der Waals surface area contributed by atoms with Gasteiger partial charge >= 0.3 is 27.6 Å². The first-order valence-corrected chi connectivity index (χ1v) is 22.7. The smallest absolute Gasteiger partial charge is 0.462 e. The third-order valence-corrected chi connectivity index (χ3v) is 9.73. The lowest BCUT2D eigenvalue weighted by atomic mass is 10.00. The van der Waals surface area contributed by atoms with Gasteiger partial charge in [-0.05, 0) is 38.0 Å². The molecule has 0 spiro atoms. The van der Waals surface area contributed by atoms with Crippen molar-refractivity contribution in [3.05, 3.63) is 60.8 Å². The number of carbonyl (C=O) groups excluding carboxylic acids is 2. The molecule has 0 rings (SSSR count). The highest BCUT2D eigenvalue weighted by Crippen LogP contribution is 2.43. The number of aliphatic hydroxyl groups is 4. The molecule has 0 aromatic carbocycles. The Balaban J connectivity index is 4.95. The fourth-order valence-corrected chi connectivity index (χ4v) is 5.94. The zero-order valence-electron chi connectivity index (χ0n) is 33.7. The zero-order valence-corrected chi connectivity index (χ0v) is 35.5. The summed E-state index contributed by atoms with van der Waals surface area (Å²) in [4.78, 5) is 52.5. The molecular weight excluding hydrogens is 786 g/mol. The molecule has 16 nitrogen and oxygen atoms in total. The van der Waals surface area contributed by atoms with Crippen molar-refractivity contribution in [3.8, 4) is 0 Å². The van der Waals surface area contributed by atoms with E-state index in [9.17, 15) is 44.0 Å². The number of phosphoric acid groups is 2. The number of carbonyl (C=O) groups is 2. The van der Waals surface area contributed by atoms with Gasteiger partial charge in [0.1, 0.15) is 12.7 Å². The molecule has 7 N–H and O–H groups in total. The maximum absolute atomic E-state index is 12.6. The van der Waals surface area contributed by atoms with Crippen molar-refractivity contribution in [2.75, 3.05) is 26.4 Å². The minimum atomic E-state index is -4.90. The van der Waals surface area contributed by atoms with Crippen LogP contribution in [-0.4, -0.2) is 104 Å². The minimum absolute atomic E-state index is 0.0204. The van der Waals surface area contributed by atoms with Crippen molar-refractivity contribution >= 4 is 27.6 Å². The number of unbranched alkanes of at least 4 members (excludes halogenated alkanes) is 5. The maximum Gasteiger partial charge on any atom is 0.472 e. The van der Waals surface area contributed by atoms with Gasteiger partial charge in [0.25, 0.3) is 0 Å². The van der Waals surface area contributed by atoms with Gasteiger partial charge in [0, 0.05) is 12.8 Å². The molecule has 0 fully saturated rings. The van der Waals surface area contributed by atoms with Crippen LogP contribution in [0.3, 0.4) is 0 Å². The first-order chi connectivity index (χ1) is 27.0. The normalized spacial score (nSPS) is 17.0. The van der Waals surface area contributed by atoms with E-state index in [0.29, 0.717) is 12.8 Å². The first-order valence-electron chi connectivity index (χ1n) is 19.7. The van der Waals surface area contributed by atoms with Crippen LogP contribution in [0.5, 0.6) is 0 Å². The van der Waals surface area contributed by atoms with Crippen molar-refractivity contribution in [3.63, 3.8) is 0 Å². The van der Waals surface area contributed by atoms with Crippen molar-refractivity contribution < 1.29 is 76.9 Å². The zero-order chi connectivity index (χ0) is 43.0. The number of ether oxygens (including phenoxy) is 2. The van der Waals surface area contributed by atoms with E-state index >= 15 is 0 Å². The average molecular weight is 855 g/mol. The Morgan fingerprint density at radius 1 is 0.649 bits per heavy atom. The molecule has 0 aliphatic rings. The summed E-state index contributed by atoms with van der Waals surface area (Å²) in [6.45, 7) is 3.36. The van der Waals surface area contributed by atoms with E-state index in [4.69, 9.17) is 23.8 Å². The largest absolute Gasteiger partial charge is 0.472 e. The molecule has 0 saturated carbocycles. The van der Waals surface area contributed by atoms with E-state index in [2.05, 4.69) is 22.9 Å². The molecule has 18 heteroatoms. The standard InChI is InChI=1S/C39H68O16P2/c1-4-6-15-22-33(40)23-17-12-8-9-13-18-24-36(42)37(43)25-20-27-39(45)55-35(31-54-57(49,50)53-29-34(41)28-52-56(46,47)48)30-51-38(44)26-19-14-10-7-11-16-21-32(3)5-2/h6,8-9,12-13,15,17-18,23-24,32-37,40-43H,4-5,7,10-11,14,16,19-22,25-31H2,1-3H3,(H,49,50)(H2,46,47,48)/b12-8+,13-9-,15-6-,23-17+,24-18-/t32?,33-,34-,35+,36+,37+/m0/s1. The number of rotatable bonds is 35. The predicted molar refractivity (Wildman–Crippen MR) is 215 cm³/mol. The van der Waals surface area contributed by atoms with Crippen molar-refractivity contribution in [2.24, 2.45) is 5.92 Å². The number of hydrogen-bond acceptors (Lipinski definition) is 13. The number of esters is 2. The highest BCUT2D eigenvalue weighted by Gasteiger charge is 2.28. The van der Waals surface area contributed by atoms with Gasteiger partial charge in [-0.1, -0.05) is 126 Å². The van der Waals surface area contributed by atoms with E-state index in [1.54, 1.807) is 42.5 Å². The summed E-state index contributed by atoms with van der Waals surface area (Å²) in [6, 6.07) is 0. The second-order valence-corrected chi connectivity index (χ2v) is 16.3. The minimum Gasteiger partial charge on any atom is -0.462 e. The van der Waals surface area contributed by atoms with Crippen LogP contribution < -0.4 is 0 Å². The molecule has 0 aliphatic heterocycles. The van der Waals surface area contributed by atoms with E-state index in [0.717, 1.165) is 38.0 Å². The molecule has 57 heavy (non-hydrogen) atoms. The second-order valence-electron chi connectivity index (χ2n) is 13.6. The third kappa shape index (κ3) is 35.4. The fraction of sp³-hybridized carbons (Fsp3) is 0.692. The average Bonchev–Trinajstić information content (AvgIpc) is 3.15. The number of phosphoric ester groups is 2. The van der Waals surface area contributed by atoms with Gasteiger partial charge in [-0.2, -0.15) is 0 Å². The lowest BCUT2D eigenvalue weighted by molar-refractivity contribution is -0.161. The Morgan fingerprint density at radius 2 is 1.23 bits per heavy atom. The van der Waals surface area contributed by atoms with Gasteiger partial charge < -0.3 is 44.6 Å². The molecule has 2 unspecified atom stereocenters. The summed E-state index contributed by atoms with van der Waals surface area (Å²) in [5.41, 5.74) is 0. The van der Waals surface area contributed by atoms with Crippen LogP contribution in [0.25, 0.3) is 0 Å². The molecule has 0 bridgehead atoms. The molecular formula is C39H68O16P2. The Kier molecular flexibility index (Phi) is 32.2. The first kappa shape index (κ1) is 54.7. The lowest BCUT2D eigenvalue weighted by Gasteiger charge is -2.21. The monoisotopic (exact) mass is 854 g/mol. The molecule has 0 aromatic heterocycles. The Bertz CT molecular complexity index is 1310. The maximum atomic E-state index is 12.6. The van der Waals surface area contributed by atoms with E-state index in [-0.39, 0.29) is 25.7 Å². The summed E-state index contributed by atoms with van der Waals surface area (Å²) < 4.78 is 47.3. The second kappa shape index (κ2) is 33.5. The van der Waals surface area contributed by atoms with Crippen LogP contribution >= 0.6 is 15.6 Å². The van der Waals surface area contributed by atoms with Crippen molar-refractivity contribution in [1.82, 2.24) is 0 Å². The number of hydrogen-bond donors (Lipinski definition) is 7. The van der Waals surface area contributed by atoms with E-state index < -0.39 is 84.5 Å². The van der Waals surface area contributed by atoms with Crippen LogP contribution in [0.4, 0.5) is 0 Å². The van der Waals surface area contributed by atoms with Gasteiger partial charge in [-0.15, -0.1) is 0 Å². The highest BCUT2D eigenvalue weighted by molar-refractivity contribution is 7.47. The van der Waals surface area contributed by atoms with Gasteiger partial charge in [0.2, 0.25) is 0 Å². The molecule has 0 aliphatic carbocycles. The quantitative estimate of drug-likeness (QED) is 0.0126. The SMILES string of the molecule is CC/C=C\C[C@H](O)/C=C/C=C/C=C\C=C/[C@@H](O)[C@H](O)CCCC(=O)O[C@H](COC(=O)CCCCCCCCC(C)CC)COP(=O)(O)OC[C@@H](O)COP(=O)(O)O. The van der Waals surface area contributed by atoms with Crippen LogP contribution in [0.1, 0.15) is 111 Å². The summed E-state index contributed by atoms with van der Waals surface area (Å²) in [7, 11) is -9.81. The van der Waals surface area contributed by atoms with Crippen molar-refractivity contribution in [1.29, 1.82) is 0 Å². The lowest BCUT2D eigenvalue weighted by Crippen LogP contribution is -2.30.